The van der Waals surface area contributed by atoms with Crippen LogP contribution in [-0.4, -0.2) is 35.6 Å². The smallest absolute Gasteiger partial charge is 0.0779 e. The SMILES string of the molecule is CC(CO)OCC(O)CCc1ccccc1. The molecule has 0 fully saturated rings. The summed E-state index contributed by atoms with van der Waals surface area (Å²) in [5.41, 5.74) is 1.22. The average Bonchev–Trinajstić information content (AvgIpc) is 2.34. The molecule has 0 aliphatic heterocycles. The first-order valence-electron chi connectivity index (χ1n) is 5.67. The molecule has 2 N–H and O–H groups in total. The van der Waals surface area contributed by atoms with Crippen molar-refractivity contribution in [1.29, 1.82) is 0 Å². The van der Waals surface area contributed by atoms with E-state index in [1.807, 2.05) is 30.3 Å². The second-order valence-corrected chi connectivity index (χ2v) is 4.00. The van der Waals surface area contributed by atoms with Crippen LogP contribution in [0.4, 0.5) is 0 Å². The van der Waals surface area contributed by atoms with Crippen LogP contribution in [0.3, 0.4) is 0 Å². The standard InChI is InChI=1S/C13H20O3/c1-11(9-14)16-10-13(15)8-7-12-5-3-2-4-6-12/h2-6,11,13-15H,7-10H2,1H3. The zero-order valence-corrected chi connectivity index (χ0v) is 9.67. The summed E-state index contributed by atoms with van der Waals surface area (Å²) < 4.78 is 5.24. The summed E-state index contributed by atoms with van der Waals surface area (Å²) in [6.45, 7) is 2.06. The maximum absolute atomic E-state index is 9.65. The van der Waals surface area contributed by atoms with Gasteiger partial charge in [0.15, 0.2) is 0 Å². The number of aliphatic hydroxyl groups excluding tert-OH is 2. The van der Waals surface area contributed by atoms with Gasteiger partial charge in [0.25, 0.3) is 0 Å². The molecule has 3 nitrogen and oxygen atoms in total. The zero-order chi connectivity index (χ0) is 11.8. The van der Waals surface area contributed by atoms with Gasteiger partial charge in [-0.15, -0.1) is 0 Å². The minimum Gasteiger partial charge on any atom is -0.394 e. The van der Waals surface area contributed by atoms with Crippen LogP contribution in [0, 0.1) is 0 Å². The van der Waals surface area contributed by atoms with E-state index in [4.69, 9.17) is 9.84 Å². The van der Waals surface area contributed by atoms with Gasteiger partial charge in [0, 0.05) is 0 Å². The lowest BCUT2D eigenvalue weighted by molar-refractivity contribution is -0.0252. The highest BCUT2D eigenvalue weighted by atomic mass is 16.5. The van der Waals surface area contributed by atoms with Crippen LogP contribution in [0.15, 0.2) is 30.3 Å². The molecule has 90 valence electrons. The first-order chi connectivity index (χ1) is 7.72. The lowest BCUT2D eigenvalue weighted by atomic mass is 10.1. The molecule has 16 heavy (non-hydrogen) atoms. The summed E-state index contributed by atoms with van der Waals surface area (Å²) in [7, 11) is 0. The normalized spacial score (nSPS) is 14.7. The Kier molecular flexibility index (Phi) is 6.08. The molecule has 2 atom stereocenters. The van der Waals surface area contributed by atoms with Crippen LogP contribution < -0.4 is 0 Å². The Bertz CT molecular complexity index is 274. The molecular formula is C13H20O3. The lowest BCUT2D eigenvalue weighted by Crippen LogP contribution is -2.22. The van der Waals surface area contributed by atoms with Gasteiger partial charge in [0.1, 0.15) is 0 Å². The number of rotatable bonds is 7. The lowest BCUT2D eigenvalue weighted by Gasteiger charge is -2.14. The van der Waals surface area contributed by atoms with Crippen LogP contribution in [0.5, 0.6) is 0 Å². The molecule has 0 amide bonds. The molecule has 0 saturated heterocycles. The predicted molar refractivity (Wildman–Crippen MR) is 63.3 cm³/mol. The van der Waals surface area contributed by atoms with E-state index in [9.17, 15) is 5.11 Å². The molecule has 0 spiro atoms. The maximum Gasteiger partial charge on any atom is 0.0779 e. The van der Waals surface area contributed by atoms with Crippen LogP contribution in [0.1, 0.15) is 18.9 Å². The Morgan fingerprint density at radius 1 is 1.25 bits per heavy atom. The van der Waals surface area contributed by atoms with Crippen LogP contribution >= 0.6 is 0 Å². The van der Waals surface area contributed by atoms with E-state index in [0.29, 0.717) is 6.42 Å². The van der Waals surface area contributed by atoms with Crippen molar-refractivity contribution in [2.75, 3.05) is 13.2 Å². The first kappa shape index (κ1) is 13.2. The highest BCUT2D eigenvalue weighted by Gasteiger charge is 2.07. The van der Waals surface area contributed by atoms with Gasteiger partial charge in [-0.3, -0.25) is 0 Å². The Morgan fingerprint density at radius 2 is 1.94 bits per heavy atom. The van der Waals surface area contributed by atoms with Crippen molar-refractivity contribution >= 4 is 0 Å². The predicted octanol–water partition coefficient (Wildman–Crippen LogP) is 1.38. The van der Waals surface area contributed by atoms with Gasteiger partial charge in [0.05, 0.1) is 25.4 Å². The van der Waals surface area contributed by atoms with Gasteiger partial charge in [-0.25, -0.2) is 0 Å². The largest absolute Gasteiger partial charge is 0.394 e. The molecule has 0 aromatic heterocycles. The molecule has 3 heteroatoms. The molecule has 0 heterocycles. The van der Waals surface area contributed by atoms with Crippen molar-refractivity contribution in [2.45, 2.75) is 32.0 Å². The molecule has 1 aromatic carbocycles. The number of aliphatic hydroxyl groups is 2. The fourth-order valence-electron chi connectivity index (χ4n) is 1.39. The summed E-state index contributed by atoms with van der Waals surface area (Å²) in [5, 5.41) is 18.4. The van der Waals surface area contributed by atoms with Gasteiger partial charge in [0.2, 0.25) is 0 Å². The van der Waals surface area contributed by atoms with E-state index in [0.717, 1.165) is 6.42 Å². The number of benzene rings is 1. The highest BCUT2D eigenvalue weighted by Crippen LogP contribution is 2.05. The summed E-state index contributed by atoms with van der Waals surface area (Å²) in [5.74, 6) is 0. The van der Waals surface area contributed by atoms with Crippen molar-refractivity contribution in [1.82, 2.24) is 0 Å². The van der Waals surface area contributed by atoms with E-state index in [1.165, 1.54) is 5.56 Å². The molecule has 1 aromatic rings. The number of ether oxygens (including phenoxy) is 1. The monoisotopic (exact) mass is 224 g/mol. The third-order valence-corrected chi connectivity index (χ3v) is 2.44. The van der Waals surface area contributed by atoms with E-state index < -0.39 is 6.10 Å². The number of hydrogen-bond acceptors (Lipinski definition) is 3. The van der Waals surface area contributed by atoms with Crippen molar-refractivity contribution in [3.8, 4) is 0 Å². The van der Waals surface area contributed by atoms with Gasteiger partial charge < -0.3 is 14.9 Å². The fraction of sp³-hybridized carbons (Fsp3) is 0.538. The van der Waals surface area contributed by atoms with Gasteiger partial charge >= 0.3 is 0 Å². The highest BCUT2D eigenvalue weighted by molar-refractivity contribution is 5.14. The summed E-state index contributed by atoms with van der Waals surface area (Å²) >= 11 is 0. The summed E-state index contributed by atoms with van der Waals surface area (Å²) in [4.78, 5) is 0. The molecule has 0 saturated carbocycles. The van der Waals surface area contributed by atoms with Crippen LogP contribution in [0.25, 0.3) is 0 Å². The Morgan fingerprint density at radius 3 is 2.56 bits per heavy atom. The van der Waals surface area contributed by atoms with Crippen LogP contribution in [-0.2, 0) is 11.2 Å². The van der Waals surface area contributed by atoms with Crippen LogP contribution in [0.2, 0.25) is 0 Å². The Hall–Kier alpha value is -0.900. The van der Waals surface area contributed by atoms with E-state index in [-0.39, 0.29) is 19.3 Å². The van der Waals surface area contributed by atoms with Crippen molar-refractivity contribution in [3.63, 3.8) is 0 Å². The molecule has 0 aliphatic carbocycles. The second kappa shape index (κ2) is 7.39. The quantitative estimate of drug-likeness (QED) is 0.735. The molecule has 0 bridgehead atoms. The minimum absolute atomic E-state index is 0.00853. The maximum atomic E-state index is 9.65. The van der Waals surface area contributed by atoms with E-state index in [2.05, 4.69) is 0 Å². The fourth-order valence-corrected chi connectivity index (χ4v) is 1.39. The molecule has 0 aliphatic rings. The third kappa shape index (κ3) is 5.26. The van der Waals surface area contributed by atoms with Crippen molar-refractivity contribution < 1.29 is 14.9 Å². The van der Waals surface area contributed by atoms with Crippen molar-refractivity contribution in [2.24, 2.45) is 0 Å². The number of aryl methyl sites for hydroxylation is 1. The summed E-state index contributed by atoms with van der Waals surface area (Å²) in [6, 6.07) is 10.1. The van der Waals surface area contributed by atoms with Gasteiger partial charge in [-0.1, -0.05) is 30.3 Å². The Balaban J connectivity index is 2.18. The van der Waals surface area contributed by atoms with E-state index >= 15 is 0 Å². The topological polar surface area (TPSA) is 49.7 Å². The molecule has 0 radical (unpaired) electrons. The van der Waals surface area contributed by atoms with Gasteiger partial charge in [-0.05, 0) is 25.3 Å². The molecule has 1 rings (SSSR count). The number of hydrogen-bond donors (Lipinski definition) is 2. The third-order valence-electron chi connectivity index (χ3n) is 2.44. The molecular weight excluding hydrogens is 204 g/mol. The molecule has 2 unspecified atom stereocenters. The van der Waals surface area contributed by atoms with Crippen molar-refractivity contribution in [3.05, 3.63) is 35.9 Å². The van der Waals surface area contributed by atoms with Gasteiger partial charge in [-0.2, -0.15) is 0 Å². The second-order valence-electron chi connectivity index (χ2n) is 4.00. The Labute approximate surface area is 96.7 Å². The zero-order valence-electron chi connectivity index (χ0n) is 9.67. The van der Waals surface area contributed by atoms with E-state index in [1.54, 1.807) is 6.92 Å². The first-order valence-corrected chi connectivity index (χ1v) is 5.67. The average molecular weight is 224 g/mol. The summed E-state index contributed by atoms with van der Waals surface area (Å²) in [6.07, 6.45) is 0.863. The minimum atomic E-state index is -0.464.